The molecule has 2 fully saturated rings. The largest absolute Gasteiger partial charge is 0.464 e. The van der Waals surface area contributed by atoms with Crippen LogP contribution in [0.15, 0.2) is 16.5 Å². The third-order valence-electron chi connectivity index (χ3n) is 4.44. The van der Waals surface area contributed by atoms with Crippen LogP contribution in [0.5, 0.6) is 0 Å². The van der Waals surface area contributed by atoms with Crippen molar-refractivity contribution in [2.45, 2.75) is 51.7 Å². The number of amides is 2. The summed E-state index contributed by atoms with van der Waals surface area (Å²) in [6.07, 6.45) is 1.69. The fourth-order valence-corrected chi connectivity index (χ4v) is 3.35. The quantitative estimate of drug-likeness (QED) is 0.828. The van der Waals surface area contributed by atoms with Gasteiger partial charge in [-0.15, -0.1) is 0 Å². The van der Waals surface area contributed by atoms with Gasteiger partial charge in [0.2, 0.25) is 11.8 Å². The molecule has 0 spiro atoms. The Morgan fingerprint density at radius 2 is 2.05 bits per heavy atom. The van der Waals surface area contributed by atoms with Crippen LogP contribution in [0.2, 0.25) is 0 Å². The Kier molecular flexibility index (Phi) is 3.07. The van der Waals surface area contributed by atoms with Gasteiger partial charge in [0.15, 0.2) is 0 Å². The van der Waals surface area contributed by atoms with Crippen molar-refractivity contribution >= 4 is 11.8 Å². The van der Waals surface area contributed by atoms with Crippen LogP contribution in [0.4, 0.5) is 0 Å². The molecule has 1 aromatic heterocycles. The van der Waals surface area contributed by atoms with Crippen LogP contribution in [-0.2, 0) is 9.59 Å². The Hall–Kier alpha value is -1.78. The lowest BCUT2D eigenvalue weighted by molar-refractivity contribution is -0.161. The standard InChI is InChI=1S/C15H20N2O3/c1-9-6-7-13(20-9)10(2)17-11(3)14(18)16-8-4-5-12(16)15(17)19/h6-7,10-12H,4-5,8H2,1-3H3. The van der Waals surface area contributed by atoms with Gasteiger partial charge in [-0.3, -0.25) is 9.59 Å². The average molecular weight is 276 g/mol. The van der Waals surface area contributed by atoms with Crippen molar-refractivity contribution in [2.75, 3.05) is 6.54 Å². The highest BCUT2D eigenvalue weighted by atomic mass is 16.3. The van der Waals surface area contributed by atoms with Crippen molar-refractivity contribution in [1.29, 1.82) is 0 Å². The monoisotopic (exact) mass is 276 g/mol. The van der Waals surface area contributed by atoms with E-state index >= 15 is 0 Å². The molecule has 2 amide bonds. The lowest BCUT2D eigenvalue weighted by atomic mass is 10.0. The van der Waals surface area contributed by atoms with E-state index in [2.05, 4.69) is 0 Å². The highest BCUT2D eigenvalue weighted by molar-refractivity contribution is 5.97. The van der Waals surface area contributed by atoms with Crippen molar-refractivity contribution in [3.8, 4) is 0 Å². The molecule has 3 heterocycles. The summed E-state index contributed by atoms with van der Waals surface area (Å²) in [6, 6.07) is 2.87. The lowest BCUT2D eigenvalue weighted by Gasteiger charge is -2.43. The summed E-state index contributed by atoms with van der Waals surface area (Å²) in [5, 5.41) is 0. The number of carbonyl (C=O) groups is 2. The second kappa shape index (κ2) is 4.65. The third kappa shape index (κ3) is 1.84. The normalized spacial score (nSPS) is 27.9. The van der Waals surface area contributed by atoms with Gasteiger partial charge in [0.05, 0.1) is 6.04 Å². The summed E-state index contributed by atoms with van der Waals surface area (Å²) >= 11 is 0. The van der Waals surface area contributed by atoms with Crippen molar-refractivity contribution in [3.63, 3.8) is 0 Å². The first-order chi connectivity index (χ1) is 9.50. The summed E-state index contributed by atoms with van der Waals surface area (Å²) in [4.78, 5) is 28.5. The van der Waals surface area contributed by atoms with E-state index in [4.69, 9.17) is 4.42 Å². The van der Waals surface area contributed by atoms with Crippen molar-refractivity contribution in [2.24, 2.45) is 0 Å². The van der Waals surface area contributed by atoms with Crippen LogP contribution in [0.3, 0.4) is 0 Å². The first kappa shape index (κ1) is 13.2. The summed E-state index contributed by atoms with van der Waals surface area (Å²) in [5.41, 5.74) is 0. The molecule has 20 heavy (non-hydrogen) atoms. The van der Waals surface area contributed by atoms with E-state index in [0.717, 1.165) is 24.4 Å². The maximum Gasteiger partial charge on any atom is 0.246 e. The minimum absolute atomic E-state index is 0.0520. The van der Waals surface area contributed by atoms with Crippen LogP contribution in [0.1, 0.15) is 44.3 Å². The lowest BCUT2D eigenvalue weighted by Crippen LogP contribution is -2.62. The maximum atomic E-state index is 12.7. The van der Waals surface area contributed by atoms with Gasteiger partial charge >= 0.3 is 0 Å². The predicted molar refractivity (Wildman–Crippen MR) is 72.9 cm³/mol. The Morgan fingerprint density at radius 3 is 2.70 bits per heavy atom. The van der Waals surface area contributed by atoms with Crippen LogP contribution >= 0.6 is 0 Å². The number of aryl methyl sites for hydroxylation is 1. The van der Waals surface area contributed by atoms with Crippen LogP contribution < -0.4 is 0 Å². The molecule has 0 aromatic carbocycles. The molecule has 2 aliphatic heterocycles. The van der Waals surface area contributed by atoms with Gasteiger partial charge in [-0.2, -0.15) is 0 Å². The van der Waals surface area contributed by atoms with Crippen LogP contribution in [0, 0.1) is 6.92 Å². The number of fused-ring (bicyclic) bond motifs is 1. The Balaban J connectivity index is 1.91. The predicted octanol–water partition coefficient (Wildman–Crippen LogP) is 1.87. The minimum atomic E-state index is -0.419. The zero-order chi connectivity index (χ0) is 14.4. The van der Waals surface area contributed by atoms with E-state index in [9.17, 15) is 9.59 Å². The molecule has 1 aromatic rings. The molecular formula is C15H20N2O3. The molecule has 5 heteroatoms. The molecule has 0 bridgehead atoms. The van der Waals surface area contributed by atoms with E-state index in [-0.39, 0.29) is 23.9 Å². The van der Waals surface area contributed by atoms with E-state index in [1.165, 1.54) is 0 Å². The first-order valence-electron chi connectivity index (χ1n) is 7.19. The molecule has 0 radical (unpaired) electrons. The molecule has 0 aliphatic carbocycles. The summed E-state index contributed by atoms with van der Waals surface area (Å²) < 4.78 is 5.62. The molecule has 3 rings (SSSR count). The number of nitrogens with zero attached hydrogens (tertiary/aromatic N) is 2. The van der Waals surface area contributed by atoms with Gasteiger partial charge in [0.25, 0.3) is 0 Å². The number of piperazine rings is 1. The molecule has 5 nitrogen and oxygen atoms in total. The fourth-order valence-electron chi connectivity index (χ4n) is 3.35. The Morgan fingerprint density at radius 1 is 1.30 bits per heavy atom. The SMILES string of the molecule is Cc1ccc(C(C)N2C(=O)C3CCCN3C(=O)C2C)o1. The zero-order valence-corrected chi connectivity index (χ0v) is 12.1. The number of hydrogen-bond donors (Lipinski definition) is 0. The highest BCUT2D eigenvalue weighted by Gasteiger charge is 2.47. The highest BCUT2D eigenvalue weighted by Crippen LogP contribution is 2.33. The van der Waals surface area contributed by atoms with Crippen LogP contribution in [0.25, 0.3) is 0 Å². The number of furan rings is 1. The molecule has 2 saturated heterocycles. The second-order valence-corrected chi connectivity index (χ2v) is 5.74. The molecule has 108 valence electrons. The fraction of sp³-hybridized carbons (Fsp3) is 0.600. The molecule has 0 N–H and O–H groups in total. The van der Waals surface area contributed by atoms with Gasteiger partial charge in [-0.25, -0.2) is 0 Å². The van der Waals surface area contributed by atoms with Crippen LogP contribution in [-0.4, -0.2) is 40.2 Å². The summed E-state index contributed by atoms with van der Waals surface area (Å²) in [5.74, 6) is 1.66. The topological polar surface area (TPSA) is 53.8 Å². The zero-order valence-electron chi connectivity index (χ0n) is 12.1. The van der Waals surface area contributed by atoms with Crippen molar-refractivity contribution in [3.05, 3.63) is 23.7 Å². The third-order valence-corrected chi connectivity index (χ3v) is 4.44. The molecule has 3 atom stereocenters. The van der Waals surface area contributed by atoms with Crippen molar-refractivity contribution < 1.29 is 14.0 Å². The van der Waals surface area contributed by atoms with Gasteiger partial charge in [0.1, 0.15) is 23.6 Å². The van der Waals surface area contributed by atoms with Gasteiger partial charge < -0.3 is 14.2 Å². The minimum Gasteiger partial charge on any atom is -0.464 e. The first-order valence-corrected chi connectivity index (χ1v) is 7.19. The molecule has 3 unspecified atom stereocenters. The van der Waals surface area contributed by atoms with Gasteiger partial charge in [-0.05, 0) is 45.7 Å². The smallest absolute Gasteiger partial charge is 0.246 e. The van der Waals surface area contributed by atoms with E-state index in [1.54, 1.807) is 16.7 Å². The van der Waals surface area contributed by atoms with E-state index < -0.39 is 6.04 Å². The molecular weight excluding hydrogens is 256 g/mol. The van der Waals surface area contributed by atoms with Crippen molar-refractivity contribution in [1.82, 2.24) is 9.80 Å². The van der Waals surface area contributed by atoms with E-state index in [1.807, 2.05) is 26.0 Å². The Bertz CT molecular complexity index is 551. The Labute approximate surface area is 118 Å². The number of rotatable bonds is 2. The average Bonchev–Trinajstić information content (AvgIpc) is 3.05. The number of carbonyl (C=O) groups excluding carboxylic acids is 2. The summed E-state index contributed by atoms with van der Waals surface area (Å²) in [6.45, 7) is 6.31. The van der Waals surface area contributed by atoms with E-state index in [0.29, 0.717) is 6.54 Å². The molecule has 2 aliphatic rings. The van der Waals surface area contributed by atoms with Gasteiger partial charge in [0, 0.05) is 6.54 Å². The number of hydrogen-bond acceptors (Lipinski definition) is 3. The summed E-state index contributed by atoms with van der Waals surface area (Å²) in [7, 11) is 0. The molecule has 0 saturated carbocycles. The van der Waals surface area contributed by atoms with Gasteiger partial charge in [-0.1, -0.05) is 0 Å². The second-order valence-electron chi connectivity index (χ2n) is 5.74. The maximum absolute atomic E-state index is 12.7.